The van der Waals surface area contributed by atoms with Crippen molar-refractivity contribution in [3.8, 4) is 0 Å². The molecule has 1 heteroatoms. The van der Waals surface area contributed by atoms with E-state index in [0.29, 0.717) is 0 Å². The van der Waals surface area contributed by atoms with E-state index in [1.807, 2.05) is 0 Å². The van der Waals surface area contributed by atoms with Crippen LogP contribution in [0, 0.1) is 0 Å². The van der Waals surface area contributed by atoms with E-state index >= 15 is 0 Å². The fourth-order valence-corrected chi connectivity index (χ4v) is 1.92. The molecule has 0 aliphatic carbocycles. The molecule has 0 saturated carbocycles. The SMILES string of the molecule is CCCCc1ccc[cH-]1.CCCCc1ccc[cH-]1.[Zr+2]. The van der Waals surface area contributed by atoms with Gasteiger partial charge in [-0.05, 0) is 0 Å². The summed E-state index contributed by atoms with van der Waals surface area (Å²) in [5, 5.41) is 0. The number of rotatable bonds is 6. The van der Waals surface area contributed by atoms with Crippen LogP contribution in [0.25, 0.3) is 0 Å². The van der Waals surface area contributed by atoms with Gasteiger partial charge in [-0.25, -0.2) is 24.3 Å². The van der Waals surface area contributed by atoms with Gasteiger partial charge in [0.15, 0.2) is 0 Å². The quantitative estimate of drug-likeness (QED) is 0.613. The molecule has 0 unspecified atom stereocenters. The van der Waals surface area contributed by atoms with Crippen LogP contribution in [0.5, 0.6) is 0 Å². The molecule has 0 atom stereocenters. The number of unbranched alkanes of at least 4 members (excludes halogenated alkanes) is 2. The van der Waals surface area contributed by atoms with Gasteiger partial charge in [-0.3, -0.25) is 0 Å². The van der Waals surface area contributed by atoms with Crippen molar-refractivity contribution in [2.75, 3.05) is 0 Å². The first-order valence-corrected chi connectivity index (χ1v) is 7.28. The van der Waals surface area contributed by atoms with Crippen LogP contribution < -0.4 is 0 Å². The standard InChI is InChI=1S/2C9H13.Zr/c2*1-2-3-6-9-7-4-5-8-9;/h2*4-5,7-8H,2-3,6H2,1H3;/q2*-1;+2. The minimum atomic E-state index is 0. The minimum absolute atomic E-state index is 0. The van der Waals surface area contributed by atoms with Gasteiger partial charge in [0, 0.05) is 0 Å². The monoisotopic (exact) mass is 332 g/mol. The van der Waals surface area contributed by atoms with Gasteiger partial charge >= 0.3 is 26.2 Å². The molecule has 2 rings (SSSR count). The van der Waals surface area contributed by atoms with Crippen molar-refractivity contribution in [1.82, 2.24) is 0 Å². The van der Waals surface area contributed by atoms with Gasteiger partial charge in [0.25, 0.3) is 0 Å². The Morgan fingerprint density at radius 3 is 1.47 bits per heavy atom. The first kappa shape index (κ1) is 18.6. The van der Waals surface area contributed by atoms with Crippen molar-refractivity contribution in [2.24, 2.45) is 0 Å². The third kappa shape index (κ3) is 9.17. The van der Waals surface area contributed by atoms with E-state index in [0.717, 1.165) is 0 Å². The molecule has 0 nitrogen and oxygen atoms in total. The Hall–Kier alpha value is -0.417. The maximum atomic E-state index is 2.23. The minimum Gasteiger partial charge on any atom is -0.213 e. The summed E-state index contributed by atoms with van der Waals surface area (Å²) in [6.07, 6.45) is 7.75. The van der Waals surface area contributed by atoms with Crippen LogP contribution in [0.1, 0.15) is 50.7 Å². The second kappa shape index (κ2) is 12.6. The first-order valence-electron chi connectivity index (χ1n) is 7.28. The second-order valence-electron chi connectivity index (χ2n) is 4.79. The van der Waals surface area contributed by atoms with Crippen molar-refractivity contribution < 1.29 is 26.2 Å². The van der Waals surface area contributed by atoms with Gasteiger partial charge in [0.1, 0.15) is 0 Å². The molecule has 0 aromatic heterocycles. The average Bonchev–Trinajstić information content (AvgIpc) is 3.07. The summed E-state index contributed by atoms with van der Waals surface area (Å²) in [7, 11) is 0. The molecule has 0 saturated heterocycles. The number of hydrogen-bond acceptors (Lipinski definition) is 0. The topological polar surface area (TPSA) is 0 Å². The van der Waals surface area contributed by atoms with Crippen LogP contribution in [0.4, 0.5) is 0 Å². The molecule has 102 valence electrons. The van der Waals surface area contributed by atoms with Crippen molar-refractivity contribution in [3.63, 3.8) is 0 Å². The first-order chi connectivity index (χ1) is 8.86. The average molecular weight is 334 g/mol. The van der Waals surface area contributed by atoms with Gasteiger partial charge in [-0.2, -0.15) is 35.4 Å². The van der Waals surface area contributed by atoms with Crippen molar-refractivity contribution in [1.29, 1.82) is 0 Å². The summed E-state index contributed by atoms with van der Waals surface area (Å²) >= 11 is 0. The fourth-order valence-electron chi connectivity index (χ4n) is 1.92. The Morgan fingerprint density at radius 2 is 1.21 bits per heavy atom. The van der Waals surface area contributed by atoms with Crippen LogP contribution in [0.3, 0.4) is 0 Å². The Morgan fingerprint density at radius 1 is 0.789 bits per heavy atom. The Labute approximate surface area is 138 Å². The zero-order chi connectivity index (χ0) is 13.1. The van der Waals surface area contributed by atoms with Gasteiger partial charge in [-0.1, -0.05) is 52.4 Å². The van der Waals surface area contributed by atoms with Gasteiger partial charge in [-0.15, -0.1) is 0 Å². The van der Waals surface area contributed by atoms with E-state index in [1.54, 1.807) is 0 Å². The second-order valence-corrected chi connectivity index (χ2v) is 4.79. The van der Waals surface area contributed by atoms with Crippen LogP contribution >= 0.6 is 0 Å². The van der Waals surface area contributed by atoms with E-state index in [1.165, 1.54) is 49.7 Å². The Balaban J connectivity index is 0.000000324. The molecule has 0 amide bonds. The third-order valence-electron chi connectivity index (χ3n) is 3.10. The molecule has 19 heavy (non-hydrogen) atoms. The van der Waals surface area contributed by atoms with E-state index in [-0.39, 0.29) is 26.2 Å². The maximum absolute atomic E-state index is 2.23. The predicted molar refractivity (Wildman–Crippen MR) is 81.3 cm³/mol. The summed E-state index contributed by atoms with van der Waals surface area (Å²) in [6.45, 7) is 4.45. The Kier molecular flexibility index (Phi) is 12.3. The summed E-state index contributed by atoms with van der Waals surface area (Å²) in [5.41, 5.74) is 2.97. The maximum Gasteiger partial charge on any atom is 2.00 e. The summed E-state index contributed by atoms with van der Waals surface area (Å²) < 4.78 is 0. The molecular formula is C18H26Zr. The molecule has 0 radical (unpaired) electrons. The molecule has 0 aliphatic rings. The molecule has 0 heterocycles. The van der Waals surface area contributed by atoms with E-state index in [9.17, 15) is 0 Å². The van der Waals surface area contributed by atoms with Crippen LogP contribution in [0.2, 0.25) is 0 Å². The van der Waals surface area contributed by atoms with E-state index < -0.39 is 0 Å². The molecule has 0 bridgehead atoms. The summed E-state index contributed by atoms with van der Waals surface area (Å²) in [5.74, 6) is 0. The van der Waals surface area contributed by atoms with Gasteiger partial charge in [0.05, 0.1) is 0 Å². The smallest absolute Gasteiger partial charge is 0.213 e. The molecule has 0 N–H and O–H groups in total. The van der Waals surface area contributed by atoms with Crippen molar-refractivity contribution >= 4 is 0 Å². The molecule has 0 spiro atoms. The van der Waals surface area contributed by atoms with Crippen molar-refractivity contribution in [3.05, 3.63) is 59.7 Å². The van der Waals surface area contributed by atoms with E-state index in [2.05, 4.69) is 62.4 Å². The number of aryl methyl sites for hydroxylation is 2. The van der Waals surface area contributed by atoms with Gasteiger partial charge < -0.3 is 0 Å². The molecule has 0 fully saturated rings. The molecule has 2 aromatic rings. The van der Waals surface area contributed by atoms with Gasteiger partial charge in [0.2, 0.25) is 0 Å². The largest absolute Gasteiger partial charge is 2.00 e. The summed E-state index contributed by atoms with van der Waals surface area (Å²) in [6, 6.07) is 17.2. The number of hydrogen-bond donors (Lipinski definition) is 0. The fraction of sp³-hybridized carbons (Fsp3) is 0.444. The molecule has 0 aliphatic heterocycles. The zero-order valence-electron chi connectivity index (χ0n) is 12.4. The van der Waals surface area contributed by atoms with Crippen LogP contribution in [-0.4, -0.2) is 0 Å². The predicted octanol–water partition coefficient (Wildman–Crippen LogP) is 5.49. The normalized spacial score (nSPS) is 9.37. The van der Waals surface area contributed by atoms with Crippen molar-refractivity contribution in [2.45, 2.75) is 52.4 Å². The summed E-state index contributed by atoms with van der Waals surface area (Å²) in [4.78, 5) is 0. The Bertz CT molecular complexity index is 318. The third-order valence-corrected chi connectivity index (χ3v) is 3.10. The van der Waals surface area contributed by atoms with Crippen LogP contribution in [0.15, 0.2) is 48.5 Å². The van der Waals surface area contributed by atoms with E-state index in [4.69, 9.17) is 0 Å². The van der Waals surface area contributed by atoms with Crippen LogP contribution in [-0.2, 0) is 39.0 Å². The zero-order valence-corrected chi connectivity index (χ0v) is 14.8. The molecule has 2 aromatic carbocycles. The molecular weight excluding hydrogens is 307 g/mol.